The van der Waals surface area contributed by atoms with Gasteiger partial charge in [-0.25, -0.2) is 0 Å². The molecule has 0 aromatic carbocycles. The van der Waals surface area contributed by atoms with Crippen LogP contribution in [0.3, 0.4) is 0 Å². The number of nitrogens with one attached hydrogen (secondary N) is 1. The number of hydrogen-bond donors (Lipinski definition) is 1. The van der Waals surface area contributed by atoms with E-state index in [1.807, 2.05) is 19.4 Å². The van der Waals surface area contributed by atoms with Crippen LogP contribution in [-0.2, 0) is 6.54 Å². The summed E-state index contributed by atoms with van der Waals surface area (Å²) in [5, 5.41) is 3.21. The van der Waals surface area contributed by atoms with Crippen LogP contribution in [-0.4, -0.2) is 36.6 Å². The van der Waals surface area contributed by atoms with E-state index in [1.54, 1.807) is 0 Å². The van der Waals surface area contributed by atoms with Gasteiger partial charge < -0.3 is 10.2 Å². The molecule has 4 heteroatoms. The Bertz CT molecular complexity index is 322. The van der Waals surface area contributed by atoms with Gasteiger partial charge >= 0.3 is 0 Å². The largest absolute Gasteiger partial charge is 0.370 e. The van der Waals surface area contributed by atoms with E-state index in [9.17, 15) is 0 Å². The summed E-state index contributed by atoms with van der Waals surface area (Å²) in [4.78, 5) is 6.70. The van der Waals surface area contributed by atoms with Crippen LogP contribution in [0.15, 0.2) is 18.5 Å². The summed E-state index contributed by atoms with van der Waals surface area (Å²) in [5.74, 6) is 2.53. The number of aromatic nitrogens is 1. The zero-order valence-corrected chi connectivity index (χ0v) is 10.6. The SMILES string of the molecule is CNCc1cnccc1N1CCCSCC1. The van der Waals surface area contributed by atoms with Gasteiger partial charge in [-0.05, 0) is 25.3 Å². The Morgan fingerprint density at radius 1 is 1.44 bits per heavy atom. The van der Waals surface area contributed by atoms with Gasteiger partial charge in [0.05, 0.1) is 0 Å². The fraction of sp³-hybridized carbons (Fsp3) is 0.583. The Hall–Kier alpha value is -0.740. The maximum Gasteiger partial charge on any atom is 0.0443 e. The minimum Gasteiger partial charge on any atom is -0.370 e. The van der Waals surface area contributed by atoms with Crippen LogP contribution < -0.4 is 10.2 Å². The molecule has 1 fully saturated rings. The number of nitrogens with zero attached hydrogens (tertiary/aromatic N) is 2. The van der Waals surface area contributed by atoms with E-state index in [2.05, 4.69) is 33.0 Å². The van der Waals surface area contributed by atoms with Gasteiger partial charge in [-0.15, -0.1) is 0 Å². The Morgan fingerprint density at radius 3 is 3.25 bits per heavy atom. The molecule has 0 atom stereocenters. The van der Waals surface area contributed by atoms with Crippen molar-refractivity contribution in [1.29, 1.82) is 0 Å². The first-order valence-electron chi connectivity index (χ1n) is 5.82. The van der Waals surface area contributed by atoms with Crippen LogP contribution in [0.1, 0.15) is 12.0 Å². The second-order valence-corrected chi connectivity index (χ2v) is 5.21. The van der Waals surface area contributed by atoms with Crippen molar-refractivity contribution in [2.45, 2.75) is 13.0 Å². The van der Waals surface area contributed by atoms with Gasteiger partial charge in [0.15, 0.2) is 0 Å². The third kappa shape index (κ3) is 2.89. The van der Waals surface area contributed by atoms with Gasteiger partial charge in [0.2, 0.25) is 0 Å². The average Bonchev–Trinajstić information content (AvgIpc) is 2.59. The summed E-state index contributed by atoms with van der Waals surface area (Å²) < 4.78 is 0. The predicted octanol–water partition coefficient (Wildman–Crippen LogP) is 1.74. The lowest BCUT2D eigenvalue weighted by Crippen LogP contribution is -2.27. The minimum atomic E-state index is 0.896. The number of anilines is 1. The van der Waals surface area contributed by atoms with Crippen LogP contribution in [0.25, 0.3) is 0 Å². The van der Waals surface area contributed by atoms with Crippen LogP contribution in [0, 0.1) is 0 Å². The monoisotopic (exact) mass is 237 g/mol. The molecule has 2 rings (SSSR count). The molecule has 1 saturated heterocycles. The summed E-state index contributed by atoms with van der Waals surface area (Å²) in [6.07, 6.45) is 5.16. The molecule has 16 heavy (non-hydrogen) atoms. The van der Waals surface area contributed by atoms with Crippen LogP contribution >= 0.6 is 11.8 Å². The number of rotatable bonds is 3. The van der Waals surface area contributed by atoms with E-state index >= 15 is 0 Å². The minimum absolute atomic E-state index is 0.896. The number of hydrogen-bond acceptors (Lipinski definition) is 4. The molecule has 0 spiro atoms. The Kier molecular flexibility index (Phi) is 4.48. The van der Waals surface area contributed by atoms with Crippen molar-refractivity contribution in [3.8, 4) is 0 Å². The van der Waals surface area contributed by atoms with Crippen molar-refractivity contribution in [2.24, 2.45) is 0 Å². The highest BCUT2D eigenvalue weighted by molar-refractivity contribution is 7.99. The van der Waals surface area contributed by atoms with E-state index in [0.717, 1.165) is 13.1 Å². The standard InChI is InChI=1S/C12H19N3S/c1-13-9-11-10-14-4-3-12(11)15-5-2-7-16-8-6-15/h3-4,10,13H,2,5-9H2,1H3. The average molecular weight is 237 g/mol. The van der Waals surface area contributed by atoms with Crippen LogP contribution in [0.5, 0.6) is 0 Å². The van der Waals surface area contributed by atoms with Gasteiger partial charge in [0, 0.05) is 49.0 Å². The molecule has 0 aliphatic carbocycles. The molecule has 1 N–H and O–H groups in total. The highest BCUT2D eigenvalue weighted by Gasteiger charge is 2.12. The Labute approximate surface area is 102 Å². The van der Waals surface area contributed by atoms with E-state index in [0.29, 0.717) is 0 Å². The Balaban J connectivity index is 2.16. The highest BCUT2D eigenvalue weighted by atomic mass is 32.2. The van der Waals surface area contributed by atoms with Crippen molar-refractivity contribution < 1.29 is 0 Å². The van der Waals surface area contributed by atoms with E-state index < -0.39 is 0 Å². The molecule has 1 aliphatic rings. The summed E-state index contributed by atoms with van der Waals surface area (Å²) >= 11 is 2.06. The summed E-state index contributed by atoms with van der Waals surface area (Å²) in [6.45, 7) is 3.23. The van der Waals surface area contributed by atoms with Crippen LogP contribution in [0.2, 0.25) is 0 Å². The first kappa shape index (κ1) is 11.7. The van der Waals surface area contributed by atoms with E-state index in [4.69, 9.17) is 0 Å². The zero-order valence-electron chi connectivity index (χ0n) is 9.78. The second kappa shape index (κ2) is 6.11. The topological polar surface area (TPSA) is 28.2 Å². The van der Waals surface area contributed by atoms with Gasteiger partial charge in [0.1, 0.15) is 0 Å². The highest BCUT2D eigenvalue weighted by Crippen LogP contribution is 2.22. The normalized spacial score (nSPS) is 17.2. The molecule has 1 aromatic heterocycles. The van der Waals surface area contributed by atoms with Gasteiger partial charge in [-0.3, -0.25) is 4.98 Å². The van der Waals surface area contributed by atoms with Crippen molar-refractivity contribution in [3.63, 3.8) is 0 Å². The maximum atomic E-state index is 4.21. The van der Waals surface area contributed by atoms with Gasteiger partial charge in [-0.2, -0.15) is 11.8 Å². The molecule has 0 saturated carbocycles. The smallest absolute Gasteiger partial charge is 0.0443 e. The third-order valence-corrected chi connectivity index (χ3v) is 3.86. The fourth-order valence-corrected chi connectivity index (χ4v) is 2.93. The summed E-state index contributed by atoms with van der Waals surface area (Å²) in [5.41, 5.74) is 2.66. The Morgan fingerprint density at radius 2 is 2.38 bits per heavy atom. The molecule has 1 aliphatic heterocycles. The molecule has 0 unspecified atom stereocenters. The number of pyridine rings is 1. The maximum absolute atomic E-state index is 4.21. The third-order valence-electron chi connectivity index (χ3n) is 2.81. The second-order valence-electron chi connectivity index (χ2n) is 3.99. The van der Waals surface area contributed by atoms with E-state index in [1.165, 1.54) is 35.7 Å². The van der Waals surface area contributed by atoms with Crippen molar-refractivity contribution in [2.75, 3.05) is 36.5 Å². The number of thioether (sulfide) groups is 1. The zero-order chi connectivity index (χ0) is 11.2. The van der Waals surface area contributed by atoms with Crippen LogP contribution in [0.4, 0.5) is 5.69 Å². The molecule has 0 bridgehead atoms. The van der Waals surface area contributed by atoms with Gasteiger partial charge in [0.25, 0.3) is 0 Å². The lowest BCUT2D eigenvalue weighted by molar-refractivity contribution is 0.776. The molecule has 3 nitrogen and oxygen atoms in total. The molecular weight excluding hydrogens is 218 g/mol. The van der Waals surface area contributed by atoms with Gasteiger partial charge in [-0.1, -0.05) is 0 Å². The fourth-order valence-electron chi connectivity index (χ4n) is 2.04. The van der Waals surface area contributed by atoms with Crippen molar-refractivity contribution in [1.82, 2.24) is 10.3 Å². The molecule has 0 radical (unpaired) electrons. The lowest BCUT2D eigenvalue weighted by Gasteiger charge is -2.24. The molecule has 88 valence electrons. The predicted molar refractivity (Wildman–Crippen MR) is 71.2 cm³/mol. The summed E-state index contributed by atoms with van der Waals surface area (Å²) in [7, 11) is 1.98. The molecular formula is C12H19N3S. The summed E-state index contributed by atoms with van der Waals surface area (Å²) in [6, 6.07) is 2.14. The van der Waals surface area contributed by atoms with E-state index in [-0.39, 0.29) is 0 Å². The first-order valence-corrected chi connectivity index (χ1v) is 6.97. The molecule has 2 heterocycles. The molecule has 1 aromatic rings. The first-order chi connectivity index (χ1) is 7.92. The molecule has 0 amide bonds. The quantitative estimate of drug-likeness (QED) is 0.867. The van der Waals surface area contributed by atoms with Crippen molar-refractivity contribution in [3.05, 3.63) is 24.0 Å². The lowest BCUT2D eigenvalue weighted by atomic mass is 10.2. The van der Waals surface area contributed by atoms with Crippen molar-refractivity contribution >= 4 is 17.4 Å².